The Labute approximate surface area is 288 Å². The molecule has 0 fully saturated rings. The first-order chi connectivity index (χ1) is 24.3. The van der Waals surface area contributed by atoms with Crippen LogP contribution in [0.15, 0.2) is 182 Å². The van der Waals surface area contributed by atoms with E-state index in [1.54, 1.807) is 0 Å². The van der Waals surface area contributed by atoms with Crippen LogP contribution in [0, 0.1) is 0 Å². The molecule has 0 aliphatic carbocycles. The first kappa shape index (κ1) is 27.9. The number of aromatic nitrogens is 1. The molecule has 0 saturated carbocycles. The van der Waals surface area contributed by atoms with Crippen molar-refractivity contribution in [1.82, 2.24) is 4.57 Å². The first-order valence-electron chi connectivity index (χ1n) is 16.7. The number of nitrogens with zero attached hydrogens (tertiary/aromatic N) is 2. The van der Waals surface area contributed by atoms with Crippen molar-refractivity contribution in [2.45, 2.75) is 0 Å². The number of hydrogen-bond acceptors (Lipinski definition) is 2. The van der Waals surface area contributed by atoms with Gasteiger partial charge in [0.1, 0.15) is 0 Å². The minimum absolute atomic E-state index is 1.11. The third kappa shape index (κ3) is 4.47. The highest BCUT2D eigenvalue weighted by molar-refractivity contribution is 7.26. The summed E-state index contributed by atoms with van der Waals surface area (Å²) in [6, 6.07) is 66.1. The predicted octanol–water partition coefficient (Wildman–Crippen LogP) is 13.4. The third-order valence-electron chi connectivity index (χ3n) is 9.73. The molecule has 0 saturated heterocycles. The van der Waals surface area contributed by atoms with Gasteiger partial charge in [-0.15, -0.1) is 11.3 Å². The van der Waals surface area contributed by atoms with E-state index in [9.17, 15) is 0 Å². The van der Waals surface area contributed by atoms with Gasteiger partial charge >= 0.3 is 0 Å². The number of anilines is 3. The van der Waals surface area contributed by atoms with Gasteiger partial charge in [0.15, 0.2) is 0 Å². The van der Waals surface area contributed by atoms with Crippen molar-refractivity contribution < 1.29 is 0 Å². The Kier molecular flexibility index (Phi) is 6.39. The minimum Gasteiger partial charge on any atom is -0.310 e. The predicted molar refractivity (Wildman–Crippen MR) is 211 cm³/mol. The van der Waals surface area contributed by atoms with E-state index in [2.05, 4.69) is 191 Å². The monoisotopic (exact) mass is 642 g/mol. The highest BCUT2D eigenvalue weighted by Crippen LogP contribution is 2.46. The number of benzene rings is 8. The standard InChI is InChI=1S/C46H30N2S/c1-4-14-31(15-5-1)37-25-24-36(30-43(37)47(34-18-6-2-7-19-34)35-20-8-3-9-21-35)48-41-27-26-39-38-22-12-13-23-44(38)49-46(39)45(41)40-28-32-16-10-11-17-33(32)29-42(40)48/h1-30H. The van der Waals surface area contributed by atoms with Crippen molar-refractivity contribution in [3.63, 3.8) is 0 Å². The van der Waals surface area contributed by atoms with Crippen molar-refractivity contribution in [2.24, 2.45) is 0 Å². The molecule has 10 aromatic rings. The van der Waals surface area contributed by atoms with Crippen molar-refractivity contribution in [1.29, 1.82) is 0 Å². The number of fused-ring (bicyclic) bond motifs is 8. The maximum absolute atomic E-state index is 2.48. The molecule has 0 spiro atoms. The fraction of sp³-hybridized carbons (Fsp3) is 0. The van der Waals surface area contributed by atoms with E-state index in [0.717, 1.165) is 22.7 Å². The second kappa shape index (κ2) is 11.2. The quantitative estimate of drug-likeness (QED) is 0.181. The van der Waals surface area contributed by atoms with Crippen LogP contribution >= 0.6 is 11.3 Å². The molecule has 2 nitrogen and oxygen atoms in total. The highest BCUT2D eigenvalue weighted by atomic mass is 32.1. The van der Waals surface area contributed by atoms with Crippen LogP contribution < -0.4 is 4.90 Å². The molecule has 0 aliphatic heterocycles. The van der Waals surface area contributed by atoms with E-state index in [-0.39, 0.29) is 0 Å². The van der Waals surface area contributed by atoms with Gasteiger partial charge in [-0.25, -0.2) is 0 Å². The Hall–Kier alpha value is -6.16. The van der Waals surface area contributed by atoms with Crippen LogP contribution in [0.4, 0.5) is 17.1 Å². The number of thiophene rings is 1. The van der Waals surface area contributed by atoms with E-state index < -0.39 is 0 Å². The summed E-state index contributed by atoms with van der Waals surface area (Å²) >= 11 is 1.90. The van der Waals surface area contributed by atoms with Gasteiger partial charge in [0.2, 0.25) is 0 Å². The molecule has 0 radical (unpaired) electrons. The molecule has 2 heterocycles. The highest BCUT2D eigenvalue weighted by Gasteiger charge is 2.22. The van der Waals surface area contributed by atoms with Crippen LogP contribution in [-0.4, -0.2) is 4.57 Å². The molecule has 3 heteroatoms. The smallest absolute Gasteiger partial charge is 0.0560 e. The Balaban J connectivity index is 1.32. The topological polar surface area (TPSA) is 8.17 Å². The van der Waals surface area contributed by atoms with Crippen molar-refractivity contribution in [2.75, 3.05) is 4.90 Å². The fourth-order valence-corrected chi connectivity index (χ4v) is 8.79. The van der Waals surface area contributed by atoms with Crippen LogP contribution in [0.1, 0.15) is 0 Å². The van der Waals surface area contributed by atoms with Crippen LogP contribution in [0.3, 0.4) is 0 Å². The molecular weight excluding hydrogens is 613 g/mol. The van der Waals surface area contributed by atoms with Gasteiger partial charge in [0.05, 0.1) is 16.7 Å². The molecule has 49 heavy (non-hydrogen) atoms. The average Bonchev–Trinajstić information content (AvgIpc) is 3.70. The fourth-order valence-electron chi connectivity index (χ4n) is 7.53. The molecule has 0 atom stereocenters. The molecule has 2 aromatic heterocycles. The summed E-state index contributed by atoms with van der Waals surface area (Å²) in [5.74, 6) is 0. The van der Waals surface area contributed by atoms with E-state index in [1.165, 1.54) is 63.9 Å². The summed E-state index contributed by atoms with van der Waals surface area (Å²) in [4.78, 5) is 2.39. The zero-order valence-corrected chi connectivity index (χ0v) is 27.4. The van der Waals surface area contributed by atoms with Gasteiger partial charge in [-0.2, -0.15) is 0 Å². The van der Waals surface area contributed by atoms with Gasteiger partial charge < -0.3 is 9.47 Å². The van der Waals surface area contributed by atoms with E-state index in [1.807, 2.05) is 11.3 Å². The average molecular weight is 643 g/mol. The van der Waals surface area contributed by atoms with Gasteiger partial charge in [0, 0.05) is 53.6 Å². The van der Waals surface area contributed by atoms with Gasteiger partial charge in [-0.3, -0.25) is 0 Å². The number of para-hydroxylation sites is 2. The number of rotatable bonds is 5. The summed E-state index contributed by atoms with van der Waals surface area (Å²) in [5.41, 5.74) is 9.27. The van der Waals surface area contributed by atoms with Crippen LogP contribution in [0.5, 0.6) is 0 Å². The van der Waals surface area contributed by atoms with Crippen molar-refractivity contribution in [3.8, 4) is 16.8 Å². The molecule has 0 aliphatic rings. The molecule has 0 N–H and O–H groups in total. The van der Waals surface area contributed by atoms with Gasteiger partial charge in [0.25, 0.3) is 0 Å². The zero-order valence-electron chi connectivity index (χ0n) is 26.6. The van der Waals surface area contributed by atoms with Crippen molar-refractivity contribution in [3.05, 3.63) is 182 Å². The maximum atomic E-state index is 2.48. The molecule has 10 rings (SSSR count). The molecule has 0 unspecified atom stereocenters. The second-order valence-electron chi connectivity index (χ2n) is 12.6. The normalized spacial score (nSPS) is 11.7. The largest absolute Gasteiger partial charge is 0.310 e. The van der Waals surface area contributed by atoms with Crippen molar-refractivity contribution >= 4 is 81.1 Å². The summed E-state index contributed by atoms with van der Waals surface area (Å²) < 4.78 is 5.14. The van der Waals surface area contributed by atoms with Crippen LogP contribution in [0.2, 0.25) is 0 Å². The summed E-state index contributed by atoms with van der Waals surface area (Å²) in [5, 5.41) is 7.73. The van der Waals surface area contributed by atoms with Gasteiger partial charge in [-0.1, -0.05) is 121 Å². The lowest BCUT2D eigenvalue weighted by molar-refractivity contribution is 1.17. The summed E-state index contributed by atoms with van der Waals surface area (Å²) in [6.45, 7) is 0. The Bertz CT molecular complexity index is 2770. The van der Waals surface area contributed by atoms with E-state index in [4.69, 9.17) is 0 Å². The lowest BCUT2D eigenvalue weighted by Gasteiger charge is -2.28. The Morgan fingerprint density at radius 2 is 1.08 bits per heavy atom. The van der Waals surface area contributed by atoms with E-state index in [0.29, 0.717) is 0 Å². The number of hydrogen-bond donors (Lipinski definition) is 0. The Morgan fingerprint density at radius 3 is 1.82 bits per heavy atom. The summed E-state index contributed by atoms with van der Waals surface area (Å²) in [6.07, 6.45) is 0. The third-order valence-corrected chi connectivity index (χ3v) is 10.9. The molecule has 230 valence electrons. The zero-order chi connectivity index (χ0) is 32.3. The molecular formula is C46H30N2S. The second-order valence-corrected chi connectivity index (χ2v) is 13.6. The minimum atomic E-state index is 1.11. The SMILES string of the molecule is c1ccc(-c2ccc(-n3c4cc5ccccc5cc4c4c5sc6ccccc6c5ccc43)cc2N(c2ccccc2)c2ccccc2)cc1. The first-order valence-corrected chi connectivity index (χ1v) is 17.5. The summed E-state index contributed by atoms with van der Waals surface area (Å²) in [7, 11) is 0. The maximum Gasteiger partial charge on any atom is 0.0560 e. The lowest BCUT2D eigenvalue weighted by atomic mass is 10.0. The molecule has 0 bridgehead atoms. The van der Waals surface area contributed by atoms with Gasteiger partial charge in [-0.05, 0) is 77.0 Å². The molecule has 0 amide bonds. The van der Waals surface area contributed by atoms with Crippen LogP contribution in [0.25, 0.3) is 69.6 Å². The molecule has 8 aromatic carbocycles. The lowest BCUT2D eigenvalue weighted by Crippen LogP contribution is -2.12. The van der Waals surface area contributed by atoms with E-state index >= 15 is 0 Å². The van der Waals surface area contributed by atoms with Crippen LogP contribution in [-0.2, 0) is 0 Å². The Morgan fingerprint density at radius 1 is 0.449 bits per heavy atom.